The molecule has 3 aromatic carbocycles. The van der Waals surface area contributed by atoms with Crippen LogP contribution < -0.4 is 58.3 Å². The van der Waals surface area contributed by atoms with Crippen molar-refractivity contribution in [3.63, 3.8) is 0 Å². The third-order valence-electron chi connectivity index (χ3n) is 13.7. The third kappa shape index (κ3) is 27.7. The van der Waals surface area contributed by atoms with Crippen LogP contribution in [-0.2, 0) is 91.7 Å². The Balaban J connectivity index is 1.81. The zero-order chi connectivity index (χ0) is 67.0. The summed E-state index contributed by atoms with van der Waals surface area (Å²) in [7, 11) is 2.30. The van der Waals surface area contributed by atoms with Gasteiger partial charge in [0, 0.05) is 35.9 Å². The fourth-order valence-electron chi connectivity index (χ4n) is 8.98. The van der Waals surface area contributed by atoms with Crippen LogP contribution in [-0.4, -0.2) is 175 Å². The number of fused-ring (bicyclic) bond motifs is 2. The molecule has 10 amide bonds. The molecule has 0 aliphatic carbocycles. The Labute approximate surface area is 536 Å². The number of amides is 10. The molecule has 1 heterocycles. The Morgan fingerprint density at radius 2 is 1.42 bits per heavy atom. The highest BCUT2D eigenvalue weighted by Gasteiger charge is 2.35. The Morgan fingerprint density at radius 3 is 2.04 bits per heavy atom. The van der Waals surface area contributed by atoms with E-state index in [9.17, 15) is 63.0 Å². The van der Waals surface area contributed by atoms with E-state index < -0.39 is 139 Å². The molecule has 0 unspecified atom stereocenters. The average Bonchev–Trinajstić information content (AvgIpc) is 2.15. The summed E-state index contributed by atoms with van der Waals surface area (Å²) >= 11 is 2.46. The number of rotatable bonds is 22. The lowest BCUT2D eigenvalue weighted by Crippen LogP contribution is -2.61. The van der Waals surface area contributed by atoms with Crippen molar-refractivity contribution in [3.05, 3.63) is 95.1 Å². The molecule has 30 heteroatoms. The topological polar surface area (TPSA) is 412 Å². The van der Waals surface area contributed by atoms with E-state index in [0.29, 0.717) is 23.5 Å². The molecular weight excluding hydrogens is 1220 g/mol. The summed E-state index contributed by atoms with van der Waals surface area (Å²) in [6.07, 6.45) is 0.652. The minimum atomic E-state index is -1.70. The normalized spacial score (nSPS) is 21.3. The van der Waals surface area contributed by atoms with E-state index in [1.807, 2.05) is 18.2 Å². The smallest absolute Gasteiger partial charge is 0.342 e. The van der Waals surface area contributed by atoms with Crippen LogP contribution in [0.4, 0.5) is 0 Å². The number of nitrogens with two attached hydrogens (primary N) is 1. The Bertz CT molecular complexity index is 2960. The zero-order valence-corrected chi connectivity index (χ0v) is 53.7. The van der Waals surface area contributed by atoms with Crippen LogP contribution in [0.15, 0.2) is 78.0 Å². The average molecular weight is 1310 g/mol. The van der Waals surface area contributed by atoms with Crippen molar-refractivity contribution in [1.82, 2.24) is 47.9 Å². The summed E-state index contributed by atoms with van der Waals surface area (Å²) in [5, 5.41) is 47.3. The predicted octanol–water partition coefficient (Wildman–Crippen LogP) is 0.370. The quantitative estimate of drug-likeness (QED) is 0.0280. The van der Waals surface area contributed by atoms with Crippen LogP contribution in [0.2, 0.25) is 0 Å². The van der Waals surface area contributed by atoms with Crippen molar-refractivity contribution < 1.29 is 82.3 Å². The molecule has 498 valence electrons. The molecule has 0 radical (unpaired) electrons. The molecule has 0 saturated heterocycles. The summed E-state index contributed by atoms with van der Waals surface area (Å²) in [6.45, 7) is 7.71. The number of nitrogens with zero attached hydrogens (tertiary/aromatic N) is 1. The highest BCUT2D eigenvalue weighted by molar-refractivity contribution is 7.98. The molecule has 2 bridgehead atoms. The first-order valence-corrected chi connectivity index (χ1v) is 31.9. The van der Waals surface area contributed by atoms with Crippen molar-refractivity contribution in [1.29, 1.82) is 0 Å². The van der Waals surface area contributed by atoms with Gasteiger partial charge < -0.3 is 73.4 Å². The van der Waals surface area contributed by atoms with E-state index in [0.717, 1.165) is 43.7 Å². The second kappa shape index (κ2) is 39.6. The standard InChI is InChI=1S/C61H85N11O17S2/c1-8-9-13-22-88-43-25-40-24-41(26-43)32-91-34-49(71-59(83)46(67-51(76)30-64-86-6)27-38-14-11-10-12-15-38)60(84)69-45(23-35(2)3)56(80)63-29-50(75)66-47(28-39-16-18-42(74)19-17-39)58(82)68-44(20-21-52(77)89-87-7)57(81)65-36(4)55(79)72-53(37(5)73)61(85)70-48(54(62)78)33-90-31-40/h10-12,14-19,24-26,30,35-37,44-49,53,73-74H,8-9,13,20-23,27-29,31-34H2,1-7H3,(H2,62,78)(H,63,80)(H,65,81)(H,66,75)(H,67,76)(H,68,82)(H,69,84)(H,70,85)(H,71,83)(H,72,79)/b64-30+/t36-,37+,44-,45-,46-,47-,48-,49-,53-/m0/s1. The van der Waals surface area contributed by atoms with Crippen molar-refractivity contribution in [2.24, 2.45) is 16.8 Å². The summed E-state index contributed by atoms with van der Waals surface area (Å²) in [6, 6.07) is 8.23. The SMILES string of the molecule is CCCCCOc1cc2cc(c1)CSC[C@H](NC(=O)[C@H](Cc1ccccc1)NC(=O)/C=N/OC)C(=O)N[C@@H](CC(C)C)C(=O)NCC(=O)N[C@@H](Cc1ccc(O)cc1)C(=O)N[C@@H](CCC(=O)OOC)C(=O)N[C@@H](C)C(=O)N[C@@H]([C@@H](C)O)C(=O)N[C@H](C(N)=O)CSC2. The molecule has 0 saturated carbocycles. The number of benzene rings is 3. The number of oxime groups is 1. The van der Waals surface area contributed by atoms with Crippen molar-refractivity contribution >= 4 is 94.8 Å². The Kier molecular flexibility index (Phi) is 32.6. The summed E-state index contributed by atoms with van der Waals surface area (Å²) in [4.78, 5) is 165. The van der Waals surface area contributed by atoms with Crippen LogP contribution in [0.3, 0.4) is 0 Å². The van der Waals surface area contributed by atoms with Gasteiger partial charge in [0.2, 0.25) is 53.2 Å². The summed E-state index contributed by atoms with van der Waals surface area (Å²) < 4.78 is 6.19. The van der Waals surface area contributed by atoms with Crippen LogP contribution >= 0.6 is 23.5 Å². The molecule has 0 spiro atoms. The largest absolute Gasteiger partial charge is 0.508 e. The van der Waals surface area contributed by atoms with Crippen LogP contribution in [0.1, 0.15) is 95.4 Å². The van der Waals surface area contributed by atoms with E-state index in [4.69, 9.17) is 10.5 Å². The number of thioether (sulfide) groups is 2. The number of unbranched alkanes of at least 4 members (excludes halogenated alkanes) is 2. The number of phenolic OH excluding ortho intramolecular Hbond substituents is 1. The van der Waals surface area contributed by atoms with Crippen LogP contribution in [0, 0.1) is 5.92 Å². The summed E-state index contributed by atoms with van der Waals surface area (Å²) in [5.41, 5.74) is 8.30. The molecule has 1 aliphatic heterocycles. The van der Waals surface area contributed by atoms with Gasteiger partial charge in [0.1, 0.15) is 73.2 Å². The third-order valence-corrected chi connectivity index (χ3v) is 15.9. The molecule has 4 rings (SSSR count). The van der Waals surface area contributed by atoms with Crippen LogP contribution in [0.25, 0.3) is 0 Å². The lowest BCUT2D eigenvalue weighted by Gasteiger charge is -2.27. The number of nitrogens with one attached hydrogen (secondary N) is 9. The first-order chi connectivity index (χ1) is 43.4. The van der Waals surface area contributed by atoms with Gasteiger partial charge in [0.05, 0.1) is 32.8 Å². The number of phenols is 1. The number of primary amides is 1. The monoisotopic (exact) mass is 1310 g/mol. The van der Waals surface area contributed by atoms with Gasteiger partial charge in [-0.25, -0.2) is 4.79 Å². The van der Waals surface area contributed by atoms with E-state index in [-0.39, 0.29) is 53.9 Å². The van der Waals surface area contributed by atoms with Gasteiger partial charge in [-0.05, 0) is 85.5 Å². The van der Waals surface area contributed by atoms with Gasteiger partial charge in [-0.1, -0.05) is 87.3 Å². The molecule has 3 aromatic rings. The van der Waals surface area contributed by atoms with E-state index in [1.54, 1.807) is 44.2 Å². The number of carbonyl (C=O) groups is 11. The molecule has 0 fully saturated rings. The first-order valence-electron chi connectivity index (χ1n) is 29.6. The highest BCUT2D eigenvalue weighted by atomic mass is 32.2. The number of carbonyl (C=O) groups excluding carboxylic acids is 11. The van der Waals surface area contributed by atoms with Gasteiger partial charge in [-0.15, -0.1) is 0 Å². The van der Waals surface area contributed by atoms with Crippen molar-refractivity contribution in [2.45, 2.75) is 152 Å². The van der Waals surface area contributed by atoms with Crippen LogP contribution in [0.5, 0.6) is 11.5 Å². The maximum Gasteiger partial charge on any atom is 0.342 e. The Morgan fingerprint density at radius 1 is 0.758 bits per heavy atom. The number of aliphatic hydroxyl groups is 1. The molecule has 91 heavy (non-hydrogen) atoms. The van der Waals surface area contributed by atoms with E-state index in [2.05, 4.69) is 74.5 Å². The van der Waals surface area contributed by atoms with Gasteiger partial charge in [0.25, 0.3) is 5.91 Å². The number of aliphatic hydroxyl groups excluding tert-OH is 1. The van der Waals surface area contributed by atoms with E-state index >= 15 is 0 Å². The zero-order valence-electron chi connectivity index (χ0n) is 52.0. The molecule has 9 atom stereocenters. The second-order valence-electron chi connectivity index (χ2n) is 21.8. The fourth-order valence-corrected chi connectivity index (χ4v) is 11.0. The van der Waals surface area contributed by atoms with Gasteiger partial charge in [-0.2, -0.15) is 28.4 Å². The van der Waals surface area contributed by atoms with E-state index in [1.165, 1.54) is 68.7 Å². The van der Waals surface area contributed by atoms with Gasteiger partial charge in [-0.3, -0.25) is 52.8 Å². The molecular formula is C61H85N11O17S2. The fraction of sp³-hybridized carbons (Fsp3) is 0.508. The Hall–Kier alpha value is -8.48. The van der Waals surface area contributed by atoms with Crippen molar-refractivity contribution in [3.8, 4) is 11.5 Å². The maximum absolute atomic E-state index is 14.7. The lowest BCUT2D eigenvalue weighted by molar-refractivity contribution is -0.255. The van der Waals surface area contributed by atoms with Gasteiger partial charge >= 0.3 is 5.97 Å². The second-order valence-corrected chi connectivity index (χ2v) is 23.9. The van der Waals surface area contributed by atoms with Crippen molar-refractivity contribution in [2.75, 3.05) is 38.9 Å². The molecule has 0 aromatic heterocycles. The molecule has 28 nitrogen and oxygen atoms in total. The minimum absolute atomic E-state index is 0.0158. The molecule has 13 N–H and O–H groups in total. The summed E-state index contributed by atoms with van der Waals surface area (Å²) in [5.74, 6) is -9.56. The highest BCUT2D eigenvalue weighted by Crippen LogP contribution is 2.26. The molecule has 1 aliphatic rings. The minimum Gasteiger partial charge on any atom is -0.508 e. The van der Waals surface area contributed by atoms with Gasteiger partial charge in [0.15, 0.2) is 0 Å². The predicted molar refractivity (Wildman–Crippen MR) is 338 cm³/mol. The maximum atomic E-state index is 14.7. The number of ether oxygens (including phenoxy) is 1. The number of aromatic hydroxyl groups is 1. The number of hydrogen-bond donors (Lipinski definition) is 12. The number of hydrogen-bond acceptors (Lipinski definition) is 20. The first kappa shape index (κ1) is 75.0. The lowest BCUT2D eigenvalue weighted by atomic mass is 10.0.